The van der Waals surface area contributed by atoms with Crippen molar-refractivity contribution in [3.63, 3.8) is 0 Å². The van der Waals surface area contributed by atoms with E-state index in [1.807, 2.05) is 37.3 Å². The standard InChI is InChI=1S/C16H20N3OS2.HI/c1-5-18-13(14(20)19(6-2)16(18)21-4)15-17(3)11-9-7-8-10-12(11)22-15;/h7-10H,5-6H2,1-4H3;1H/q+1;/p-1/b15-13+;. The van der Waals surface area contributed by atoms with E-state index in [-0.39, 0.29) is 29.9 Å². The molecule has 0 atom stereocenters. The Balaban J connectivity index is 0.00000192. The van der Waals surface area contributed by atoms with Crippen molar-refractivity contribution >= 4 is 40.3 Å². The van der Waals surface area contributed by atoms with Crippen molar-refractivity contribution in [3.8, 4) is 0 Å². The fourth-order valence-electron chi connectivity index (χ4n) is 2.88. The Bertz CT molecular complexity index is 702. The Morgan fingerprint density at radius 1 is 1.26 bits per heavy atom. The van der Waals surface area contributed by atoms with Gasteiger partial charge in [0.1, 0.15) is 5.03 Å². The van der Waals surface area contributed by atoms with Crippen molar-refractivity contribution in [2.45, 2.75) is 18.7 Å². The summed E-state index contributed by atoms with van der Waals surface area (Å²) in [4.78, 5) is 18.1. The number of thioether (sulfide) groups is 2. The molecule has 3 rings (SSSR count). The Kier molecular flexibility index (Phi) is 6.07. The number of fused-ring (bicyclic) bond motifs is 1. The molecule has 0 fully saturated rings. The van der Waals surface area contributed by atoms with E-state index in [1.165, 1.54) is 10.6 Å². The minimum absolute atomic E-state index is 0. The molecular weight excluding hydrogens is 441 g/mol. The van der Waals surface area contributed by atoms with E-state index in [1.54, 1.807) is 23.5 Å². The van der Waals surface area contributed by atoms with E-state index >= 15 is 0 Å². The van der Waals surface area contributed by atoms with Gasteiger partial charge in [-0.25, -0.2) is 9.37 Å². The van der Waals surface area contributed by atoms with Gasteiger partial charge in [-0.15, -0.1) is 0 Å². The summed E-state index contributed by atoms with van der Waals surface area (Å²) in [5.41, 5.74) is 1.97. The fourth-order valence-corrected chi connectivity index (χ4v) is 4.95. The summed E-state index contributed by atoms with van der Waals surface area (Å²) in [7, 11) is 2.04. The highest BCUT2D eigenvalue weighted by Gasteiger charge is 2.46. The van der Waals surface area contributed by atoms with Gasteiger partial charge < -0.3 is 28.9 Å². The highest BCUT2D eigenvalue weighted by molar-refractivity contribution is 8.13. The third-order valence-corrected chi connectivity index (χ3v) is 5.97. The summed E-state index contributed by atoms with van der Waals surface area (Å²) in [6.45, 7) is 5.61. The number of benzene rings is 1. The third-order valence-electron chi connectivity index (χ3n) is 3.93. The highest BCUT2D eigenvalue weighted by atomic mass is 127. The first-order valence-electron chi connectivity index (χ1n) is 7.39. The smallest absolute Gasteiger partial charge is 0.384 e. The lowest BCUT2D eigenvalue weighted by Gasteiger charge is -2.14. The number of hydrogen-bond acceptors (Lipinski definition) is 4. The van der Waals surface area contributed by atoms with E-state index in [9.17, 15) is 4.79 Å². The molecule has 0 spiro atoms. The molecule has 4 nitrogen and oxygen atoms in total. The van der Waals surface area contributed by atoms with Crippen LogP contribution in [0.2, 0.25) is 0 Å². The van der Waals surface area contributed by atoms with Crippen LogP contribution < -0.4 is 28.9 Å². The fraction of sp³-hybridized carbons (Fsp3) is 0.375. The molecule has 124 valence electrons. The van der Waals surface area contributed by atoms with Gasteiger partial charge >= 0.3 is 11.1 Å². The van der Waals surface area contributed by atoms with Crippen LogP contribution >= 0.6 is 23.5 Å². The number of rotatable bonds is 2. The molecule has 0 bridgehead atoms. The average molecular weight is 461 g/mol. The minimum atomic E-state index is 0. The first kappa shape index (κ1) is 18.7. The van der Waals surface area contributed by atoms with E-state index < -0.39 is 0 Å². The van der Waals surface area contributed by atoms with Gasteiger partial charge in [0.2, 0.25) is 5.70 Å². The number of anilines is 1. The molecular formula is C16H20IN3OS2. The quantitative estimate of drug-likeness (QED) is 0.353. The topological polar surface area (TPSA) is 26.6 Å². The normalized spacial score (nSPS) is 20.3. The van der Waals surface area contributed by atoms with Crippen LogP contribution in [0, 0.1) is 0 Å². The molecule has 7 heteroatoms. The molecule has 0 unspecified atom stereocenters. The maximum atomic E-state index is 12.9. The predicted octanol–water partition coefficient (Wildman–Crippen LogP) is 0.0151. The number of halogens is 1. The lowest BCUT2D eigenvalue weighted by Crippen LogP contribution is -3.00. The lowest BCUT2D eigenvalue weighted by atomic mass is 10.3. The number of carbonyl (C=O) groups excluding carboxylic acids is 1. The molecule has 1 amide bonds. The average Bonchev–Trinajstić information content (AvgIpc) is 3.01. The molecule has 2 heterocycles. The number of amides is 1. The molecule has 0 aromatic heterocycles. The number of likely N-dealkylation sites (N-methyl/N-ethyl adjacent to an activating group) is 2. The zero-order valence-corrected chi connectivity index (χ0v) is 17.5. The van der Waals surface area contributed by atoms with Gasteiger partial charge in [-0.3, -0.25) is 0 Å². The summed E-state index contributed by atoms with van der Waals surface area (Å²) < 4.78 is 2.14. The lowest BCUT2D eigenvalue weighted by molar-refractivity contribution is -0.461. The van der Waals surface area contributed by atoms with E-state index in [2.05, 4.69) is 28.5 Å². The van der Waals surface area contributed by atoms with E-state index in [4.69, 9.17) is 0 Å². The molecule has 2 aliphatic rings. The van der Waals surface area contributed by atoms with Crippen LogP contribution in [-0.4, -0.2) is 46.9 Å². The second-order valence-corrected chi connectivity index (χ2v) is 6.87. The van der Waals surface area contributed by atoms with Crippen molar-refractivity contribution in [1.29, 1.82) is 0 Å². The zero-order chi connectivity index (χ0) is 15.9. The van der Waals surface area contributed by atoms with Crippen molar-refractivity contribution < 1.29 is 33.3 Å². The summed E-state index contributed by atoms with van der Waals surface area (Å²) in [5, 5.41) is 2.05. The number of hydrogen-bond donors (Lipinski definition) is 0. The van der Waals surface area contributed by atoms with Gasteiger partial charge in [-0.2, -0.15) is 4.90 Å². The molecule has 0 radical (unpaired) electrons. The summed E-state index contributed by atoms with van der Waals surface area (Å²) in [5.74, 6) is 0.107. The van der Waals surface area contributed by atoms with Gasteiger partial charge in [0.05, 0.1) is 18.8 Å². The van der Waals surface area contributed by atoms with Gasteiger partial charge in [0.15, 0.2) is 0 Å². The molecule has 0 aliphatic carbocycles. The van der Waals surface area contributed by atoms with Crippen molar-refractivity contribution in [2.24, 2.45) is 0 Å². The molecule has 23 heavy (non-hydrogen) atoms. The van der Waals surface area contributed by atoms with Crippen LogP contribution in [0.15, 0.2) is 39.9 Å². The minimum Gasteiger partial charge on any atom is -1.00 e. The molecule has 0 saturated heterocycles. The monoisotopic (exact) mass is 461 g/mol. The molecule has 1 aromatic carbocycles. The Morgan fingerprint density at radius 3 is 2.52 bits per heavy atom. The van der Waals surface area contributed by atoms with Gasteiger partial charge in [-0.1, -0.05) is 23.9 Å². The maximum absolute atomic E-state index is 12.9. The van der Waals surface area contributed by atoms with E-state index in [0.717, 1.165) is 22.4 Å². The Labute approximate surface area is 163 Å². The SMILES string of the molecule is CCN1C(=O)/C(=C2\Sc3ccccc3N2C)[N+](CC)=C1SC.[I-]. The van der Waals surface area contributed by atoms with Crippen molar-refractivity contribution in [3.05, 3.63) is 35.0 Å². The van der Waals surface area contributed by atoms with Crippen molar-refractivity contribution in [1.82, 2.24) is 4.90 Å². The molecule has 1 aromatic rings. The molecule has 0 saturated carbocycles. The van der Waals surface area contributed by atoms with Crippen molar-refractivity contribution in [2.75, 3.05) is 31.3 Å². The summed E-state index contributed by atoms with van der Waals surface area (Å²) in [6.07, 6.45) is 2.03. The number of nitrogens with zero attached hydrogens (tertiary/aromatic N) is 3. The van der Waals surface area contributed by atoms with Gasteiger partial charge in [0, 0.05) is 11.9 Å². The number of carbonyl (C=O) groups is 1. The van der Waals surface area contributed by atoms with Gasteiger partial charge in [0.25, 0.3) is 0 Å². The van der Waals surface area contributed by atoms with E-state index in [0.29, 0.717) is 6.54 Å². The van der Waals surface area contributed by atoms with Crippen LogP contribution in [0.4, 0.5) is 5.69 Å². The third kappa shape index (κ3) is 2.91. The summed E-state index contributed by atoms with van der Waals surface area (Å²) in [6, 6.07) is 8.29. The largest absolute Gasteiger partial charge is 1.00 e. The highest BCUT2D eigenvalue weighted by Crippen LogP contribution is 2.47. The van der Waals surface area contributed by atoms with Crippen LogP contribution in [0.25, 0.3) is 0 Å². The van der Waals surface area contributed by atoms with Gasteiger partial charge in [-0.05, 0) is 44.0 Å². The zero-order valence-electron chi connectivity index (χ0n) is 13.7. The Hall–Kier alpha value is -0.670. The predicted molar refractivity (Wildman–Crippen MR) is 94.4 cm³/mol. The van der Waals surface area contributed by atoms with Crippen LogP contribution in [0.1, 0.15) is 13.8 Å². The second kappa shape index (κ2) is 7.48. The first-order chi connectivity index (χ1) is 10.6. The molecule has 0 N–H and O–H groups in total. The number of para-hydroxylation sites is 1. The Morgan fingerprint density at radius 2 is 1.96 bits per heavy atom. The van der Waals surface area contributed by atoms with Crippen LogP contribution in [-0.2, 0) is 4.79 Å². The number of amidine groups is 1. The molecule has 2 aliphatic heterocycles. The summed E-state index contributed by atoms with van der Waals surface area (Å²) >= 11 is 3.32. The maximum Gasteiger partial charge on any atom is 0.384 e. The first-order valence-corrected chi connectivity index (χ1v) is 9.43. The van der Waals surface area contributed by atoms with Crippen LogP contribution in [0.5, 0.6) is 0 Å². The van der Waals surface area contributed by atoms with Crippen LogP contribution in [0.3, 0.4) is 0 Å². The second-order valence-electron chi connectivity index (χ2n) is 5.06.